The lowest BCUT2D eigenvalue weighted by Gasteiger charge is -2.37. The van der Waals surface area contributed by atoms with Crippen LogP contribution in [0.25, 0.3) is 11.1 Å². The number of rotatable bonds is 9. The van der Waals surface area contributed by atoms with Crippen molar-refractivity contribution in [3.63, 3.8) is 0 Å². The molecular formula is C32H35FN2O3. The molecule has 38 heavy (non-hydrogen) atoms. The van der Waals surface area contributed by atoms with Crippen molar-refractivity contribution in [2.24, 2.45) is 5.92 Å². The van der Waals surface area contributed by atoms with E-state index >= 15 is 0 Å². The Kier molecular flexibility index (Phi) is 7.79. The third-order valence-electron chi connectivity index (χ3n) is 7.37. The van der Waals surface area contributed by atoms with E-state index in [1.807, 2.05) is 30.3 Å². The normalized spacial score (nSPS) is 17.4. The number of benzene rings is 3. The van der Waals surface area contributed by atoms with Crippen molar-refractivity contribution in [3.8, 4) is 11.5 Å². The zero-order valence-electron chi connectivity index (χ0n) is 22.3. The first-order chi connectivity index (χ1) is 18.4. The van der Waals surface area contributed by atoms with Crippen molar-refractivity contribution < 1.29 is 18.7 Å². The summed E-state index contributed by atoms with van der Waals surface area (Å²) < 4.78 is 25.3. The van der Waals surface area contributed by atoms with Gasteiger partial charge < -0.3 is 14.8 Å². The third-order valence-corrected chi connectivity index (χ3v) is 7.37. The van der Waals surface area contributed by atoms with Crippen molar-refractivity contribution in [2.45, 2.75) is 33.3 Å². The van der Waals surface area contributed by atoms with Gasteiger partial charge in [-0.15, -0.1) is 0 Å². The van der Waals surface area contributed by atoms with Crippen molar-refractivity contribution in [1.29, 1.82) is 0 Å². The number of allylic oxidation sites excluding steroid dienone is 1. The molecule has 5 rings (SSSR count). The minimum Gasteiger partial charge on any atom is -0.492 e. The molecule has 0 unspecified atom stereocenters. The van der Waals surface area contributed by atoms with Crippen molar-refractivity contribution in [1.82, 2.24) is 4.90 Å². The largest absolute Gasteiger partial charge is 0.492 e. The molecule has 6 heteroatoms. The fourth-order valence-corrected chi connectivity index (χ4v) is 5.28. The Hall–Kier alpha value is -3.64. The fraction of sp³-hybridized carbons (Fsp3) is 0.344. The monoisotopic (exact) mass is 514 g/mol. The number of amides is 1. The SMILES string of the molecule is CCc1ccc2c(c1)C(C)=C(c1cccc(NC(C)=O)c1)[C@@H](c1ccc(OCCN3CC(CF)C3)cc1)O2. The number of carbonyl (C=O) groups is 1. The van der Waals surface area contributed by atoms with Crippen LogP contribution in [0.5, 0.6) is 11.5 Å². The Bertz CT molecular complexity index is 1330. The number of hydrogen-bond acceptors (Lipinski definition) is 4. The summed E-state index contributed by atoms with van der Waals surface area (Å²) in [7, 11) is 0. The highest BCUT2D eigenvalue weighted by Crippen LogP contribution is 2.47. The number of alkyl halides is 1. The first kappa shape index (κ1) is 26.0. The molecule has 1 atom stereocenters. The standard InChI is InChI=1S/C32H35FN2O3/c1-4-23-8-13-30-29(16-23)21(2)31(26-6-5-7-27(17-26)34-22(3)36)32(38-30)25-9-11-28(12-10-25)37-15-14-35-19-24(18-33)20-35/h5-13,16-17,24,32H,4,14-15,18-20H2,1-3H3,(H,34,36)/t32-/m1/s1. The van der Waals surface area contributed by atoms with Gasteiger partial charge in [0, 0.05) is 49.3 Å². The van der Waals surface area contributed by atoms with Crippen LogP contribution in [-0.4, -0.2) is 43.7 Å². The van der Waals surface area contributed by atoms with E-state index in [1.165, 1.54) is 12.5 Å². The second kappa shape index (κ2) is 11.4. The van der Waals surface area contributed by atoms with E-state index in [4.69, 9.17) is 9.47 Å². The van der Waals surface area contributed by atoms with Gasteiger partial charge in [0.1, 0.15) is 24.2 Å². The average Bonchev–Trinajstić information content (AvgIpc) is 2.90. The van der Waals surface area contributed by atoms with Gasteiger partial charge in [-0.2, -0.15) is 0 Å². The van der Waals surface area contributed by atoms with E-state index in [1.54, 1.807) is 0 Å². The van der Waals surface area contributed by atoms with Crippen LogP contribution < -0.4 is 14.8 Å². The molecule has 0 aliphatic carbocycles. The summed E-state index contributed by atoms with van der Waals surface area (Å²) >= 11 is 0. The molecule has 198 valence electrons. The molecule has 2 heterocycles. The molecule has 0 radical (unpaired) electrons. The molecule has 5 nitrogen and oxygen atoms in total. The van der Waals surface area contributed by atoms with Crippen molar-refractivity contribution >= 4 is 22.7 Å². The summed E-state index contributed by atoms with van der Waals surface area (Å²) in [4.78, 5) is 13.9. The second-order valence-corrected chi connectivity index (χ2v) is 10.2. The van der Waals surface area contributed by atoms with E-state index < -0.39 is 0 Å². The Labute approximate surface area is 224 Å². The Morgan fingerprint density at radius 3 is 2.61 bits per heavy atom. The molecule has 3 aromatic rings. The molecule has 2 aliphatic rings. The summed E-state index contributed by atoms with van der Waals surface area (Å²) in [5, 5.41) is 2.90. The lowest BCUT2D eigenvalue weighted by atomic mass is 9.85. The first-order valence-corrected chi connectivity index (χ1v) is 13.3. The smallest absolute Gasteiger partial charge is 0.221 e. The number of aryl methyl sites for hydroxylation is 1. The van der Waals surface area contributed by atoms with E-state index in [0.29, 0.717) is 6.61 Å². The maximum atomic E-state index is 12.6. The maximum Gasteiger partial charge on any atom is 0.221 e. The highest BCUT2D eigenvalue weighted by atomic mass is 19.1. The number of nitrogens with one attached hydrogen (secondary N) is 1. The molecule has 1 amide bonds. The van der Waals surface area contributed by atoms with Gasteiger partial charge in [0.2, 0.25) is 5.91 Å². The predicted molar refractivity (Wildman–Crippen MR) is 150 cm³/mol. The van der Waals surface area contributed by atoms with Crippen LogP contribution in [0.4, 0.5) is 10.1 Å². The van der Waals surface area contributed by atoms with Crippen molar-refractivity contribution in [2.75, 3.05) is 38.2 Å². The summed E-state index contributed by atoms with van der Waals surface area (Å²) in [5.41, 5.74) is 7.38. The van der Waals surface area contributed by atoms with Gasteiger partial charge in [0.25, 0.3) is 0 Å². The minimum atomic E-state index is -0.310. The number of nitrogens with zero attached hydrogens (tertiary/aromatic N) is 1. The van der Waals surface area contributed by atoms with Gasteiger partial charge in [-0.25, -0.2) is 0 Å². The highest BCUT2D eigenvalue weighted by Gasteiger charge is 2.30. The first-order valence-electron chi connectivity index (χ1n) is 13.3. The summed E-state index contributed by atoms with van der Waals surface area (Å²) in [6.45, 7) is 8.59. The topological polar surface area (TPSA) is 50.8 Å². The van der Waals surface area contributed by atoms with Crippen LogP contribution in [0.15, 0.2) is 66.7 Å². The van der Waals surface area contributed by atoms with Crippen LogP contribution in [-0.2, 0) is 11.2 Å². The predicted octanol–water partition coefficient (Wildman–Crippen LogP) is 6.55. The Morgan fingerprint density at radius 2 is 1.89 bits per heavy atom. The number of likely N-dealkylation sites (tertiary alicyclic amines) is 1. The van der Waals surface area contributed by atoms with E-state index in [9.17, 15) is 9.18 Å². The second-order valence-electron chi connectivity index (χ2n) is 10.2. The molecular weight excluding hydrogens is 479 g/mol. The number of anilines is 1. The number of halogens is 1. The van der Waals surface area contributed by atoms with Crippen LogP contribution >= 0.6 is 0 Å². The summed E-state index contributed by atoms with van der Waals surface area (Å²) in [6.07, 6.45) is 0.641. The average molecular weight is 515 g/mol. The lowest BCUT2D eigenvalue weighted by Crippen LogP contribution is -2.49. The number of ether oxygens (including phenoxy) is 2. The van der Waals surface area contributed by atoms with Gasteiger partial charge in [0.05, 0.1) is 6.67 Å². The molecule has 0 spiro atoms. The van der Waals surface area contributed by atoms with Crippen LogP contribution in [0.2, 0.25) is 0 Å². The molecule has 0 saturated carbocycles. The zero-order valence-corrected chi connectivity index (χ0v) is 22.3. The quantitative estimate of drug-likeness (QED) is 0.352. The minimum absolute atomic E-state index is 0.103. The van der Waals surface area contributed by atoms with Crippen LogP contribution in [0.3, 0.4) is 0 Å². The number of hydrogen-bond donors (Lipinski definition) is 1. The molecule has 2 aliphatic heterocycles. The third kappa shape index (κ3) is 5.60. The highest BCUT2D eigenvalue weighted by molar-refractivity contribution is 5.97. The molecule has 3 aromatic carbocycles. The van der Waals surface area contributed by atoms with Gasteiger partial charge in [-0.1, -0.05) is 37.3 Å². The lowest BCUT2D eigenvalue weighted by molar-refractivity contribution is -0.114. The maximum absolute atomic E-state index is 12.6. The van der Waals surface area contributed by atoms with Crippen LogP contribution in [0.1, 0.15) is 49.1 Å². The molecule has 1 N–H and O–H groups in total. The summed E-state index contributed by atoms with van der Waals surface area (Å²) in [5.74, 6) is 1.75. The van der Waals surface area contributed by atoms with Gasteiger partial charge in [-0.05, 0) is 72.0 Å². The Morgan fingerprint density at radius 1 is 1.11 bits per heavy atom. The van der Waals surface area contributed by atoms with Gasteiger partial charge in [0.15, 0.2) is 0 Å². The van der Waals surface area contributed by atoms with Gasteiger partial charge in [-0.3, -0.25) is 14.1 Å². The molecule has 0 bridgehead atoms. The fourth-order valence-electron chi connectivity index (χ4n) is 5.28. The number of fused-ring (bicyclic) bond motifs is 1. The Balaban J connectivity index is 1.41. The van der Waals surface area contributed by atoms with Gasteiger partial charge >= 0.3 is 0 Å². The van der Waals surface area contributed by atoms with Crippen LogP contribution in [0, 0.1) is 5.92 Å². The zero-order chi connectivity index (χ0) is 26.6. The number of carbonyl (C=O) groups excluding carboxylic acids is 1. The molecule has 1 fully saturated rings. The van der Waals surface area contributed by atoms with E-state index in [-0.39, 0.29) is 24.6 Å². The van der Waals surface area contributed by atoms with E-state index in [0.717, 1.165) is 71.1 Å². The van der Waals surface area contributed by atoms with Crippen molar-refractivity contribution in [3.05, 3.63) is 89.0 Å². The van der Waals surface area contributed by atoms with E-state index in [2.05, 4.69) is 60.5 Å². The summed E-state index contributed by atoms with van der Waals surface area (Å²) in [6, 6.07) is 22.4. The molecule has 1 saturated heterocycles. The molecule has 0 aromatic heterocycles.